The average Bonchev–Trinajstić information content (AvgIpc) is 2.48. The van der Waals surface area contributed by atoms with E-state index in [1.54, 1.807) is 24.3 Å². The Labute approximate surface area is 135 Å². The fourth-order valence-electron chi connectivity index (χ4n) is 2.89. The molecule has 1 saturated carbocycles. The monoisotopic (exact) mass is 321 g/mol. The quantitative estimate of drug-likeness (QED) is 0.845. The predicted molar refractivity (Wildman–Crippen MR) is 89.4 cm³/mol. The molecule has 0 saturated heterocycles. The number of carboxylic acid groups (broad SMARTS) is 1. The molecule has 120 valence electrons. The molecule has 2 N–H and O–H groups in total. The highest BCUT2D eigenvalue weighted by Crippen LogP contribution is 2.28. The zero-order valence-electron chi connectivity index (χ0n) is 12.9. The van der Waals surface area contributed by atoms with E-state index >= 15 is 0 Å². The van der Waals surface area contributed by atoms with Crippen molar-refractivity contribution in [1.82, 2.24) is 5.32 Å². The van der Waals surface area contributed by atoms with Crippen LogP contribution in [0, 0.1) is 0 Å². The van der Waals surface area contributed by atoms with Crippen LogP contribution in [-0.4, -0.2) is 34.0 Å². The highest BCUT2D eigenvalue weighted by atomic mass is 32.2. The maximum Gasteiger partial charge on any atom is 0.335 e. The van der Waals surface area contributed by atoms with E-state index in [4.69, 9.17) is 5.11 Å². The van der Waals surface area contributed by atoms with Crippen LogP contribution in [0.2, 0.25) is 0 Å². The standard InChI is InChI=1S/C17H23NO3S/c1-2-22-15-5-3-4-14(11-15)18-16(19)10-12-6-8-13(9-7-12)17(20)21/h6-9,14-15H,2-5,10-11H2,1H3,(H,18,19)(H,20,21). The summed E-state index contributed by atoms with van der Waals surface area (Å²) in [7, 11) is 0. The zero-order valence-corrected chi connectivity index (χ0v) is 13.7. The van der Waals surface area contributed by atoms with E-state index in [9.17, 15) is 9.59 Å². The van der Waals surface area contributed by atoms with Gasteiger partial charge in [-0.15, -0.1) is 0 Å². The summed E-state index contributed by atoms with van der Waals surface area (Å²) >= 11 is 1.98. The van der Waals surface area contributed by atoms with Crippen molar-refractivity contribution in [2.24, 2.45) is 0 Å². The van der Waals surface area contributed by atoms with Gasteiger partial charge in [0.1, 0.15) is 0 Å². The van der Waals surface area contributed by atoms with Gasteiger partial charge >= 0.3 is 5.97 Å². The number of hydrogen-bond acceptors (Lipinski definition) is 3. The Morgan fingerprint density at radius 1 is 1.27 bits per heavy atom. The highest BCUT2D eigenvalue weighted by molar-refractivity contribution is 7.99. The van der Waals surface area contributed by atoms with E-state index in [1.165, 1.54) is 12.8 Å². The molecule has 0 aliphatic heterocycles. The molecule has 1 aliphatic carbocycles. The van der Waals surface area contributed by atoms with Crippen molar-refractivity contribution < 1.29 is 14.7 Å². The molecular weight excluding hydrogens is 298 g/mol. The number of hydrogen-bond donors (Lipinski definition) is 2. The van der Waals surface area contributed by atoms with Crippen LogP contribution >= 0.6 is 11.8 Å². The van der Waals surface area contributed by atoms with Crippen LogP contribution < -0.4 is 5.32 Å². The Bertz CT molecular complexity index is 513. The van der Waals surface area contributed by atoms with Gasteiger partial charge in [0.05, 0.1) is 12.0 Å². The molecule has 1 aromatic rings. The van der Waals surface area contributed by atoms with Crippen molar-refractivity contribution in [2.75, 3.05) is 5.75 Å². The molecule has 2 rings (SSSR count). The molecule has 4 nitrogen and oxygen atoms in total. The first-order valence-electron chi connectivity index (χ1n) is 7.81. The Morgan fingerprint density at radius 2 is 2.00 bits per heavy atom. The van der Waals surface area contributed by atoms with Crippen LogP contribution in [0.3, 0.4) is 0 Å². The molecule has 2 unspecified atom stereocenters. The van der Waals surface area contributed by atoms with Crippen LogP contribution in [-0.2, 0) is 11.2 Å². The Balaban J connectivity index is 1.83. The number of thioether (sulfide) groups is 1. The van der Waals surface area contributed by atoms with Gasteiger partial charge in [0.2, 0.25) is 5.91 Å². The van der Waals surface area contributed by atoms with E-state index in [1.807, 2.05) is 11.8 Å². The summed E-state index contributed by atoms with van der Waals surface area (Å²) < 4.78 is 0. The zero-order chi connectivity index (χ0) is 15.9. The molecule has 0 aromatic heterocycles. The molecule has 1 amide bonds. The second-order valence-corrected chi connectivity index (χ2v) is 7.26. The van der Waals surface area contributed by atoms with Crippen LogP contribution in [0.4, 0.5) is 0 Å². The smallest absolute Gasteiger partial charge is 0.335 e. The average molecular weight is 321 g/mol. The van der Waals surface area contributed by atoms with Crippen LogP contribution in [0.15, 0.2) is 24.3 Å². The van der Waals surface area contributed by atoms with Gasteiger partial charge in [0.15, 0.2) is 0 Å². The molecular formula is C17H23NO3S. The third-order valence-electron chi connectivity index (χ3n) is 3.96. The van der Waals surface area contributed by atoms with Crippen molar-refractivity contribution in [3.05, 3.63) is 35.4 Å². The van der Waals surface area contributed by atoms with Gasteiger partial charge in [0.25, 0.3) is 0 Å². The van der Waals surface area contributed by atoms with Gasteiger partial charge < -0.3 is 10.4 Å². The number of carbonyl (C=O) groups is 2. The molecule has 22 heavy (non-hydrogen) atoms. The van der Waals surface area contributed by atoms with Crippen molar-refractivity contribution in [3.8, 4) is 0 Å². The molecule has 0 heterocycles. The maximum atomic E-state index is 12.1. The van der Waals surface area contributed by atoms with Crippen molar-refractivity contribution in [3.63, 3.8) is 0 Å². The van der Waals surface area contributed by atoms with Crippen LogP contribution in [0.5, 0.6) is 0 Å². The van der Waals surface area contributed by atoms with Crippen LogP contribution in [0.25, 0.3) is 0 Å². The summed E-state index contributed by atoms with van der Waals surface area (Å²) in [6, 6.07) is 6.78. The van der Waals surface area contributed by atoms with E-state index in [0.29, 0.717) is 11.7 Å². The minimum absolute atomic E-state index is 0.0234. The lowest BCUT2D eigenvalue weighted by Crippen LogP contribution is -2.39. The van der Waals surface area contributed by atoms with E-state index < -0.39 is 5.97 Å². The molecule has 1 aromatic carbocycles. The van der Waals surface area contributed by atoms with Gasteiger partial charge in [-0.25, -0.2) is 4.79 Å². The number of carbonyl (C=O) groups excluding carboxylic acids is 1. The van der Waals surface area contributed by atoms with Crippen LogP contribution in [0.1, 0.15) is 48.5 Å². The Hall–Kier alpha value is -1.49. The molecule has 0 bridgehead atoms. The number of amides is 1. The van der Waals surface area contributed by atoms with Crippen molar-refractivity contribution in [1.29, 1.82) is 0 Å². The Kier molecular flexibility index (Phi) is 6.31. The minimum atomic E-state index is -0.947. The summed E-state index contributed by atoms with van der Waals surface area (Å²) in [6.07, 6.45) is 4.85. The van der Waals surface area contributed by atoms with Gasteiger partial charge in [-0.3, -0.25) is 4.79 Å². The largest absolute Gasteiger partial charge is 0.478 e. The third kappa shape index (κ3) is 5.05. The molecule has 5 heteroatoms. The fraction of sp³-hybridized carbons (Fsp3) is 0.529. The fourth-order valence-corrected chi connectivity index (χ4v) is 4.07. The third-order valence-corrected chi connectivity index (χ3v) is 5.19. The minimum Gasteiger partial charge on any atom is -0.478 e. The first-order chi connectivity index (χ1) is 10.6. The normalized spacial score (nSPS) is 21.3. The van der Waals surface area contributed by atoms with Gasteiger partial charge in [-0.05, 0) is 42.7 Å². The SMILES string of the molecule is CCSC1CCCC(NC(=O)Cc2ccc(C(=O)O)cc2)C1. The number of aromatic carboxylic acids is 1. The van der Waals surface area contributed by atoms with Crippen molar-refractivity contribution in [2.45, 2.75) is 50.3 Å². The summed E-state index contributed by atoms with van der Waals surface area (Å²) in [4.78, 5) is 22.9. The first-order valence-corrected chi connectivity index (χ1v) is 8.86. The number of rotatable bonds is 6. The number of benzene rings is 1. The highest BCUT2D eigenvalue weighted by Gasteiger charge is 2.23. The Morgan fingerprint density at radius 3 is 2.64 bits per heavy atom. The summed E-state index contributed by atoms with van der Waals surface area (Å²) in [6.45, 7) is 2.17. The van der Waals surface area contributed by atoms with E-state index in [2.05, 4.69) is 12.2 Å². The lowest BCUT2D eigenvalue weighted by molar-refractivity contribution is -0.121. The molecule has 0 radical (unpaired) electrons. The second-order valence-electron chi connectivity index (χ2n) is 5.69. The lowest BCUT2D eigenvalue weighted by atomic mass is 9.94. The molecule has 1 aliphatic rings. The molecule has 0 spiro atoms. The van der Waals surface area contributed by atoms with Crippen molar-refractivity contribution >= 4 is 23.6 Å². The summed E-state index contributed by atoms with van der Waals surface area (Å²) in [5.41, 5.74) is 1.09. The maximum absolute atomic E-state index is 12.1. The lowest BCUT2D eigenvalue weighted by Gasteiger charge is -2.29. The number of carboxylic acids is 1. The molecule has 1 fully saturated rings. The topological polar surface area (TPSA) is 66.4 Å². The first kappa shape index (κ1) is 16.9. The summed E-state index contributed by atoms with van der Waals surface area (Å²) in [5.74, 6) is 0.203. The van der Waals surface area contributed by atoms with Gasteiger partial charge in [0, 0.05) is 11.3 Å². The predicted octanol–water partition coefficient (Wildman–Crippen LogP) is 3.11. The molecule has 2 atom stereocenters. The second kappa shape index (κ2) is 8.22. The van der Waals surface area contributed by atoms with E-state index in [-0.39, 0.29) is 17.5 Å². The summed E-state index contributed by atoms with van der Waals surface area (Å²) in [5, 5.41) is 12.7. The number of nitrogens with one attached hydrogen (secondary N) is 1. The van der Waals surface area contributed by atoms with Gasteiger partial charge in [-0.2, -0.15) is 11.8 Å². The van der Waals surface area contributed by atoms with Gasteiger partial charge in [-0.1, -0.05) is 25.5 Å². The van der Waals surface area contributed by atoms with E-state index in [0.717, 1.165) is 24.2 Å².